The van der Waals surface area contributed by atoms with Gasteiger partial charge in [0.2, 0.25) is 0 Å². The summed E-state index contributed by atoms with van der Waals surface area (Å²) in [5, 5.41) is 0. The molecular formula is C9H7ClN2S. The highest BCUT2D eigenvalue weighted by Crippen LogP contribution is 2.29. The molecule has 0 atom stereocenters. The molecule has 2 nitrogen and oxygen atoms in total. The van der Waals surface area contributed by atoms with Crippen LogP contribution in [0.3, 0.4) is 0 Å². The maximum Gasteiger partial charge on any atom is 0.0935 e. The van der Waals surface area contributed by atoms with E-state index in [1.54, 1.807) is 6.20 Å². The summed E-state index contributed by atoms with van der Waals surface area (Å²) >= 11 is 7.32. The van der Waals surface area contributed by atoms with Gasteiger partial charge in [0, 0.05) is 0 Å². The molecule has 0 radical (unpaired) electrons. The Labute approximate surface area is 85.0 Å². The van der Waals surface area contributed by atoms with Crippen LogP contribution in [0.15, 0.2) is 30.5 Å². The van der Waals surface area contributed by atoms with E-state index >= 15 is 0 Å². The fourth-order valence-electron chi connectivity index (χ4n) is 1.00. The van der Waals surface area contributed by atoms with Crippen molar-refractivity contribution in [2.24, 2.45) is 0 Å². The summed E-state index contributed by atoms with van der Waals surface area (Å²) in [6, 6.07) is 7.53. The molecule has 2 N–H and O–H groups in total. The van der Waals surface area contributed by atoms with Crippen molar-refractivity contribution < 1.29 is 0 Å². The Bertz CT molecular complexity index is 408. The Hall–Kier alpha value is -1.06. The van der Waals surface area contributed by atoms with Crippen LogP contribution < -0.4 is 5.73 Å². The van der Waals surface area contributed by atoms with Gasteiger partial charge in [-0.1, -0.05) is 11.6 Å². The molecule has 0 spiro atoms. The van der Waals surface area contributed by atoms with Gasteiger partial charge in [-0.05, 0) is 24.3 Å². The van der Waals surface area contributed by atoms with Gasteiger partial charge < -0.3 is 5.73 Å². The average Bonchev–Trinajstić information content (AvgIpc) is 2.53. The number of anilines is 1. The molecule has 66 valence electrons. The minimum absolute atomic E-state index is 0.673. The van der Waals surface area contributed by atoms with Gasteiger partial charge in [0.25, 0.3) is 0 Å². The van der Waals surface area contributed by atoms with Crippen LogP contribution in [0.5, 0.6) is 0 Å². The van der Waals surface area contributed by atoms with Crippen molar-refractivity contribution in [1.29, 1.82) is 0 Å². The summed E-state index contributed by atoms with van der Waals surface area (Å²) < 4.78 is 0.772. The lowest BCUT2D eigenvalue weighted by Crippen LogP contribution is -1.86. The molecule has 0 aliphatic heterocycles. The summed E-state index contributed by atoms with van der Waals surface area (Å²) in [6.07, 6.45) is 1.64. The molecule has 0 aliphatic carbocycles. The first-order valence-electron chi connectivity index (χ1n) is 3.73. The highest BCUT2D eigenvalue weighted by atomic mass is 35.5. The smallest absolute Gasteiger partial charge is 0.0935 e. The molecule has 2 rings (SSSR count). The summed E-state index contributed by atoms with van der Waals surface area (Å²) in [7, 11) is 0. The van der Waals surface area contributed by atoms with Crippen LogP contribution in [0.25, 0.3) is 10.6 Å². The summed E-state index contributed by atoms with van der Waals surface area (Å²) in [6.45, 7) is 0. The molecule has 0 fully saturated rings. The predicted octanol–water partition coefficient (Wildman–Crippen LogP) is 3.05. The van der Waals surface area contributed by atoms with E-state index in [0.717, 1.165) is 14.9 Å². The number of nitrogen functional groups attached to an aromatic ring is 1. The normalized spacial score (nSPS) is 10.2. The first-order chi connectivity index (χ1) is 6.25. The van der Waals surface area contributed by atoms with Crippen LogP contribution in [0.1, 0.15) is 0 Å². The van der Waals surface area contributed by atoms with E-state index in [0.29, 0.717) is 5.69 Å². The Morgan fingerprint density at radius 3 is 2.62 bits per heavy atom. The van der Waals surface area contributed by atoms with Crippen LogP contribution in [0, 0.1) is 0 Å². The van der Waals surface area contributed by atoms with E-state index in [1.807, 2.05) is 24.3 Å². The number of thiophene rings is 1. The van der Waals surface area contributed by atoms with E-state index in [-0.39, 0.29) is 0 Å². The zero-order valence-electron chi connectivity index (χ0n) is 6.70. The second-order valence-electron chi connectivity index (χ2n) is 2.58. The fourth-order valence-corrected chi connectivity index (χ4v) is 2.02. The highest BCUT2D eigenvalue weighted by molar-refractivity contribution is 7.19. The van der Waals surface area contributed by atoms with Crippen molar-refractivity contribution in [2.45, 2.75) is 0 Å². The van der Waals surface area contributed by atoms with E-state index in [9.17, 15) is 0 Å². The Morgan fingerprint density at radius 2 is 2.08 bits per heavy atom. The van der Waals surface area contributed by atoms with Crippen LogP contribution in [-0.2, 0) is 0 Å². The molecule has 0 saturated heterocycles. The first kappa shape index (κ1) is 8.53. The van der Waals surface area contributed by atoms with Crippen molar-refractivity contribution in [3.63, 3.8) is 0 Å². The molecular weight excluding hydrogens is 204 g/mol. The molecule has 0 amide bonds. The zero-order chi connectivity index (χ0) is 9.26. The van der Waals surface area contributed by atoms with Crippen LogP contribution in [0.2, 0.25) is 4.34 Å². The number of rotatable bonds is 1. The number of nitrogens with two attached hydrogens (primary N) is 1. The van der Waals surface area contributed by atoms with Gasteiger partial charge in [0.1, 0.15) is 0 Å². The van der Waals surface area contributed by atoms with Crippen molar-refractivity contribution >= 4 is 28.6 Å². The number of aromatic nitrogens is 1. The number of hydrogen-bond acceptors (Lipinski definition) is 3. The SMILES string of the molecule is Nc1ccc(-c2ccc(Cl)s2)nc1. The third-order valence-corrected chi connectivity index (χ3v) is 2.87. The second-order valence-corrected chi connectivity index (χ2v) is 4.30. The van der Waals surface area contributed by atoms with E-state index in [1.165, 1.54) is 11.3 Å². The Balaban J connectivity index is 2.41. The predicted molar refractivity (Wildman–Crippen MR) is 57.0 cm³/mol. The topological polar surface area (TPSA) is 38.9 Å². The molecule has 0 saturated carbocycles. The maximum atomic E-state index is 5.81. The largest absolute Gasteiger partial charge is 0.397 e. The van der Waals surface area contributed by atoms with Crippen molar-refractivity contribution in [1.82, 2.24) is 4.98 Å². The summed E-state index contributed by atoms with van der Waals surface area (Å²) in [4.78, 5) is 5.25. The second kappa shape index (κ2) is 3.36. The van der Waals surface area contributed by atoms with Gasteiger partial charge in [-0.3, -0.25) is 4.98 Å². The summed E-state index contributed by atoms with van der Waals surface area (Å²) in [5.74, 6) is 0. The quantitative estimate of drug-likeness (QED) is 0.786. The number of pyridine rings is 1. The molecule has 13 heavy (non-hydrogen) atoms. The lowest BCUT2D eigenvalue weighted by atomic mass is 10.3. The van der Waals surface area contributed by atoms with Gasteiger partial charge in [-0.2, -0.15) is 0 Å². The van der Waals surface area contributed by atoms with Crippen LogP contribution in [0.4, 0.5) is 5.69 Å². The molecule has 4 heteroatoms. The molecule has 0 aromatic carbocycles. The maximum absolute atomic E-state index is 5.81. The van der Waals surface area contributed by atoms with Gasteiger partial charge in [0.15, 0.2) is 0 Å². The van der Waals surface area contributed by atoms with E-state index < -0.39 is 0 Å². The summed E-state index contributed by atoms with van der Waals surface area (Å²) in [5.41, 5.74) is 7.11. The van der Waals surface area contributed by atoms with Gasteiger partial charge in [0.05, 0.1) is 26.8 Å². The Kier molecular flexibility index (Phi) is 2.20. The zero-order valence-corrected chi connectivity index (χ0v) is 8.27. The Morgan fingerprint density at radius 1 is 1.23 bits per heavy atom. The van der Waals surface area contributed by atoms with Crippen molar-refractivity contribution in [3.8, 4) is 10.6 Å². The molecule has 0 bridgehead atoms. The highest BCUT2D eigenvalue weighted by Gasteiger charge is 2.01. The van der Waals surface area contributed by atoms with E-state index in [4.69, 9.17) is 17.3 Å². The molecule has 0 unspecified atom stereocenters. The van der Waals surface area contributed by atoms with Crippen molar-refractivity contribution in [3.05, 3.63) is 34.8 Å². The van der Waals surface area contributed by atoms with Gasteiger partial charge in [-0.15, -0.1) is 11.3 Å². The third kappa shape index (κ3) is 1.82. The third-order valence-electron chi connectivity index (χ3n) is 1.61. The van der Waals surface area contributed by atoms with Crippen LogP contribution >= 0.6 is 22.9 Å². The number of nitrogens with zero attached hydrogens (tertiary/aromatic N) is 1. The standard InChI is InChI=1S/C9H7ClN2S/c10-9-4-3-8(13-9)7-2-1-6(11)5-12-7/h1-5H,11H2. The number of halogens is 1. The van der Waals surface area contributed by atoms with Crippen molar-refractivity contribution in [2.75, 3.05) is 5.73 Å². The average molecular weight is 211 g/mol. The first-order valence-corrected chi connectivity index (χ1v) is 4.92. The molecule has 2 heterocycles. The lowest BCUT2D eigenvalue weighted by Gasteiger charge is -1.95. The molecule has 2 aromatic heterocycles. The molecule has 2 aromatic rings. The van der Waals surface area contributed by atoms with E-state index in [2.05, 4.69) is 4.98 Å². The molecule has 0 aliphatic rings. The lowest BCUT2D eigenvalue weighted by molar-refractivity contribution is 1.34. The van der Waals surface area contributed by atoms with Gasteiger partial charge in [-0.25, -0.2) is 0 Å². The minimum Gasteiger partial charge on any atom is -0.397 e. The minimum atomic E-state index is 0.673. The fraction of sp³-hybridized carbons (Fsp3) is 0. The monoisotopic (exact) mass is 210 g/mol. The number of hydrogen-bond donors (Lipinski definition) is 1. The van der Waals surface area contributed by atoms with Gasteiger partial charge >= 0.3 is 0 Å². The van der Waals surface area contributed by atoms with Crippen LogP contribution in [-0.4, -0.2) is 4.98 Å².